The molecule has 0 radical (unpaired) electrons. The van der Waals surface area contributed by atoms with Gasteiger partial charge in [-0.25, -0.2) is 0 Å². The van der Waals surface area contributed by atoms with Crippen molar-refractivity contribution in [2.24, 2.45) is 0 Å². The topological polar surface area (TPSA) is 18.5 Å². The van der Waals surface area contributed by atoms with Gasteiger partial charge in [0.15, 0.2) is 0 Å². The molecule has 2 rings (SSSR count). The summed E-state index contributed by atoms with van der Waals surface area (Å²) in [5, 5.41) is 0. The Morgan fingerprint density at radius 1 is 0.789 bits per heavy atom. The molecular formula is C17H18O2. The highest BCUT2D eigenvalue weighted by Gasteiger charge is 1.95. The minimum Gasteiger partial charge on any atom is -0.493 e. The quantitative estimate of drug-likeness (QED) is 0.690. The summed E-state index contributed by atoms with van der Waals surface area (Å²) in [5.74, 6) is 1.78. The number of hydrogen-bond acceptors (Lipinski definition) is 2. The van der Waals surface area contributed by atoms with Gasteiger partial charge in [-0.2, -0.15) is 0 Å². The summed E-state index contributed by atoms with van der Waals surface area (Å²) in [6.07, 6.45) is 2.68. The molecule has 0 unspecified atom stereocenters. The van der Waals surface area contributed by atoms with Gasteiger partial charge in [-0.1, -0.05) is 43.0 Å². The average molecular weight is 254 g/mol. The van der Waals surface area contributed by atoms with Crippen molar-refractivity contribution in [1.82, 2.24) is 0 Å². The Bertz CT molecular complexity index is 488. The maximum absolute atomic E-state index is 5.63. The van der Waals surface area contributed by atoms with E-state index in [1.807, 2.05) is 60.7 Å². The number of rotatable bonds is 7. The Morgan fingerprint density at radius 3 is 1.95 bits per heavy atom. The fourth-order valence-electron chi connectivity index (χ4n) is 1.66. The van der Waals surface area contributed by atoms with E-state index in [-0.39, 0.29) is 0 Å². The van der Waals surface area contributed by atoms with Gasteiger partial charge in [0.1, 0.15) is 11.5 Å². The fourth-order valence-corrected chi connectivity index (χ4v) is 1.66. The van der Waals surface area contributed by atoms with Crippen molar-refractivity contribution in [3.05, 3.63) is 66.7 Å². The largest absolute Gasteiger partial charge is 0.493 e. The molecule has 0 aliphatic rings. The third-order valence-electron chi connectivity index (χ3n) is 2.69. The summed E-state index contributed by atoms with van der Waals surface area (Å²) in [4.78, 5) is 0. The first kappa shape index (κ1) is 13.2. The zero-order valence-electron chi connectivity index (χ0n) is 10.9. The molecule has 98 valence electrons. The summed E-state index contributed by atoms with van der Waals surface area (Å²) in [5.41, 5.74) is 1.10. The van der Waals surface area contributed by atoms with Crippen LogP contribution in [0.4, 0.5) is 0 Å². The van der Waals surface area contributed by atoms with Gasteiger partial charge in [0.25, 0.3) is 0 Å². The van der Waals surface area contributed by atoms with E-state index in [0.717, 1.165) is 23.5 Å². The van der Waals surface area contributed by atoms with Crippen molar-refractivity contribution in [3.63, 3.8) is 0 Å². The average Bonchev–Trinajstić information content (AvgIpc) is 2.49. The molecule has 0 aliphatic heterocycles. The zero-order valence-corrected chi connectivity index (χ0v) is 10.9. The monoisotopic (exact) mass is 254 g/mol. The highest BCUT2D eigenvalue weighted by molar-refractivity contribution is 5.48. The zero-order chi connectivity index (χ0) is 13.3. The molecule has 0 N–H and O–H groups in total. The molecule has 0 aromatic heterocycles. The second kappa shape index (κ2) is 7.27. The lowest BCUT2D eigenvalue weighted by Crippen LogP contribution is -2.04. The minimum absolute atomic E-state index is 0.653. The Balaban J connectivity index is 1.65. The number of para-hydroxylation sites is 1. The lowest BCUT2D eigenvalue weighted by molar-refractivity contribution is 0.247. The van der Waals surface area contributed by atoms with Gasteiger partial charge < -0.3 is 9.47 Å². The van der Waals surface area contributed by atoms with Crippen molar-refractivity contribution >= 4 is 6.08 Å². The summed E-state index contributed by atoms with van der Waals surface area (Å²) < 4.78 is 11.2. The van der Waals surface area contributed by atoms with Crippen LogP contribution in [0.3, 0.4) is 0 Å². The van der Waals surface area contributed by atoms with Gasteiger partial charge in [0.2, 0.25) is 0 Å². The Labute approximate surface area is 114 Å². The number of hydrogen-bond donors (Lipinski definition) is 0. The van der Waals surface area contributed by atoms with E-state index in [2.05, 4.69) is 6.58 Å². The van der Waals surface area contributed by atoms with Crippen LogP contribution < -0.4 is 9.47 Å². The van der Waals surface area contributed by atoms with Crippen molar-refractivity contribution in [1.29, 1.82) is 0 Å². The maximum atomic E-state index is 5.63. The van der Waals surface area contributed by atoms with E-state index in [0.29, 0.717) is 13.2 Å². The van der Waals surface area contributed by atoms with Crippen LogP contribution in [0.25, 0.3) is 6.08 Å². The standard InChI is InChI=1S/C17H18O2/c1-2-15-9-11-17(12-10-15)19-14-6-13-18-16-7-4-3-5-8-16/h2-5,7-12H,1,6,13-14H2. The number of benzene rings is 2. The second-order valence-corrected chi connectivity index (χ2v) is 4.14. The predicted molar refractivity (Wildman–Crippen MR) is 78.6 cm³/mol. The lowest BCUT2D eigenvalue weighted by Gasteiger charge is -2.08. The minimum atomic E-state index is 0.653. The van der Waals surface area contributed by atoms with Gasteiger partial charge in [-0.05, 0) is 29.8 Å². The molecule has 2 aromatic carbocycles. The first-order valence-corrected chi connectivity index (χ1v) is 6.41. The van der Waals surface area contributed by atoms with E-state index >= 15 is 0 Å². The highest BCUT2D eigenvalue weighted by atomic mass is 16.5. The van der Waals surface area contributed by atoms with Crippen LogP contribution in [-0.4, -0.2) is 13.2 Å². The van der Waals surface area contributed by atoms with Crippen LogP contribution in [0, 0.1) is 0 Å². The third-order valence-corrected chi connectivity index (χ3v) is 2.69. The summed E-state index contributed by atoms with van der Waals surface area (Å²) in [6, 6.07) is 17.7. The molecule has 0 amide bonds. The van der Waals surface area contributed by atoms with Crippen molar-refractivity contribution in [2.75, 3.05) is 13.2 Å². The Hall–Kier alpha value is -2.22. The molecule has 19 heavy (non-hydrogen) atoms. The van der Waals surface area contributed by atoms with E-state index in [1.165, 1.54) is 0 Å². The van der Waals surface area contributed by atoms with Crippen LogP contribution in [0.1, 0.15) is 12.0 Å². The molecule has 2 heteroatoms. The molecule has 0 fully saturated rings. The van der Waals surface area contributed by atoms with Crippen LogP contribution >= 0.6 is 0 Å². The summed E-state index contributed by atoms with van der Waals surface area (Å²) in [7, 11) is 0. The molecular weight excluding hydrogens is 236 g/mol. The van der Waals surface area contributed by atoms with Crippen molar-refractivity contribution in [2.45, 2.75) is 6.42 Å². The van der Waals surface area contributed by atoms with Crippen LogP contribution in [0.15, 0.2) is 61.2 Å². The van der Waals surface area contributed by atoms with Gasteiger partial charge in [0.05, 0.1) is 13.2 Å². The molecule has 2 nitrogen and oxygen atoms in total. The normalized spacial score (nSPS) is 9.89. The third kappa shape index (κ3) is 4.51. The van der Waals surface area contributed by atoms with Gasteiger partial charge in [-0.3, -0.25) is 0 Å². The highest BCUT2D eigenvalue weighted by Crippen LogP contribution is 2.13. The molecule has 0 bridgehead atoms. The summed E-state index contributed by atoms with van der Waals surface area (Å²) >= 11 is 0. The summed E-state index contributed by atoms with van der Waals surface area (Å²) in [6.45, 7) is 5.03. The second-order valence-electron chi connectivity index (χ2n) is 4.14. The molecule has 0 aliphatic carbocycles. The Kier molecular flexibility index (Phi) is 5.06. The molecule has 0 heterocycles. The first-order valence-electron chi connectivity index (χ1n) is 6.41. The van der Waals surface area contributed by atoms with Crippen molar-refractivity contribution in [3.8, 4) is 11.5 Å². The van der Waals surface area contributed by atoms with E-state index in [9.17, 15) is 0 Å². The molecule has 0 saturated carbocycles. The SMILES string of the molecule is C=Cc1ccc(OCCCOc2ccccc2)cc1. The Morgan fingerprint density at radius 2 is 1.37 bits per heavy atom. The van der Waals surface area contributed by atoms with E-state index < -0.39 is 0 Å². The van der Waals surface area contributed by atoms with Crippen LogP contribution in [-0.2, 0) is 0 Å². The smallest absolute Gasteiger partial charge is 0.119 e. The first-order chi connectivity index (χ1) is 9.38. The maximum Gasteiger partial charge on any atom is 0.119 e. The van der Waals surface area contributed by atoms with Crippen LogP contribution in [0.5, 0.6) is 11.5 Å². The van der Waals surface area contributed by atoms with Gasteiger partial charge >= 0.3 is 0 Å². The van der Waals surface area contributed by atoms with Crippen molar-refractivity contribution < 1.29 is 9.47 Å². The van der Waals surface area contributed by atoms with Gasteiger partial charge in [0, 0.05) is 6.42 Å². The fraction of sp³-hybridized carbons (Fsp3) is 0.176. The van der Waals surface area contributed by atoms with Crippen LogP contribution in [0.2, 0.25) is 0 Å². The lowest BCUT2D eigenvalue weighted by atomic mass is 10.2. The molecule has 0 saturated heterocycles. The molecule has 0 spiro atoms. The predicted octanol–water partition coefficient (Wildman–Crippen LogP) is 4.18. The van der Waals surface area contributed by atoms with Gasteiger partial charge in [-0.15, -0.1) is 0 Å². The van der Waals surface area contributed by atoms with E-state index in [1.54, 1.807) is 0 Å². The molecule has 2 aromatic rings. The van der Waals surface area contributed by atoms with E-state index in [4.69, 9.17) is 9.47 Å². The number of ether oxygens (including phenoxy) is 2. The molecule has 0 atom stereocenters.